The van der Waals surface area contributed by atoms with E-state index >= 15 is 0 Å². The Morgan fingerprint density at radius 3 is 2.61 bits per heavy atom. The Morgan fingerprint density at radius 2 is 1.96 bits per heavy atom. The number of carbonyl (C=O) groups excluding carboxylic acids is 1. The van der Waals surface area contributed by atoms with Crippen LogP contribution >= 0.6 is 0 Å². The lowest BCUT2D eigenvalue weighted by Gasteiger charge is -2.13. The number of amides is 1. The Balaban J connectivity index is 1.79. The predicted octanol–water partition coefficient (Wildman–Crippen LogP) is 1.73. The Labute approximate surface area is 162 Å². The molecular weight excluding hydrogens is 384 g/mol. The molecule has 1 aliphatic heterocycles. The Bertz CT molecular complexity index is 973. The molecule has 0 spiro atoms. The second-order valence-corrected chi connectivity index (χ2v) is 8.16. The van der Waals surface area contributed by atoms with E-state index in [9.17, 15) is 23.3 Å². The van der Waals surface area contributed by atoms with Crippen molar-refractivity contribution in [3.63, 3.8) is 0 Å². The van der Waals surface area contributed by atoms with Crippen LogP contribution < -0.4 is 15.4 Å². The van der Waals surface area contributed by atoms with E-state index in [1.165, 1.54) is 24.3 Å². The smallest absolute Gasteiger partial charge is 0.293 e. The Morgan fingerprint density at radius 1 is 1.21 bits per heavy atom. The minimum absolute atomic E-state index is 0.170. The third kappa shape index (κ3) is 4.65. The largest absolute Gasteiger partial charge is 0.379 e. The molecule has 1 atom stereocenters. The van der Waals surface area contributed by atoms with Crippen LogP contribution in [-0.4, -0.2) is 38.9 Å². The van der Waals surface area contributed by atoms with Crippen LogP contribution in [0.25, 0.3) is 0 Å². The molecule has 2 aromatic rings. The lowest BCUT2D eigenvalue weighted by molar-refractivity contribution is -0.384. The molecule has 148 valence electrons. The summed E-state index contributed by atoms with van der Waals surface area (Å²) >= 11 is 0. The number of benzene rings is 2. The zero-order chi connectivity index (χ0) is 20.1. The van der Waals surface area contributed by atoms with Gasteiger partial charge in [-0.15, -0.1) is 0 Å². The van der Waals surface area contributed by atoms with Gasteiger partial charge < -0.3 is 10.6 Å². The average molecular weight is 404 g/mol. The van der Waals surface area contributed by atoms with Crippen LogP contribution in [-0.2, 0) is 10.0 Å². The van der Waals surface area contributed by atoms with Gasteiger partial charge in [0.1, 0.15) is 5.69 Å². The van der Waals surface area contributed by atoms with Crippen LogP contribution in [0.4, 0.5) is 11.4 Å². The first-order chi connectivity index (χ1) is 13.4. The van der Waals surface area contributed by atoms with Crippen LogP contribution in [0.1, 0.15) is 16.8 Å². The molecule has 3 N–H and O–H groups in total. The van der Waals surface area contributed by atoms with Crippen molar-refractivity contribution in [2.45, 2.75) is 11.3 Å². The molecule has 28 heavy (non-hydrogen) atoms. The second-order valence-electron chi connectivity index (χ2n) is 6.48. The predicted molar refractivity (Wildman–Crippen MR) is 104 cm³/mol. The molecule has 1 aliphatic rings. The molecule has 9 nitrogen and oxygen atoms in total. The topological polar surface area (TPSA) is 130 Å². The molecule has 1 fully saturated rings. The first-order valence-electron chi connectivity index (χ1n) is 8.72. The summed E-state index contributed by atoms with van der Waals surface area (Å²) < 4.78 is 26.9. The summed E-state index contributed by atoms with van der Waals surface area (Å²) in [6, 6.07) is 11.4. The van der Waals surface area contributed by atoms with Crippen molar-refractivity contribution in [1.82, 2.24) is 10.0 Å². The maximum absolute atomic E-state index is 12.5. The van der Waals surface area contributed by atoms with E-state index in [2.05, 4.69) is 10.6 Å². The SMILES string of the molecule is O=C(NS(=O)(=O)c1ccc(NCC2CCNC2)c([N+](=O)[O-])c1)c1ccccc1. The summed E-state index contributed by atoms with van der Waals surface area (Å²) in [5.41, 5.74) is 0.0512. The van der Waals surface area contributed by atoms with Crippen molar-refractivity contribution in [1.29, 1.82) is 0 Å². The van der Waals surface area contributed by atoms with E-state index < -0.39 is 20.9 Å². The summed E-state index contributed by atoms with van der Waals surface area (Å²) in [4.78, 5) is 22.5. The van der Waals surface area contributed by atoms with Crippen molar-refractivity contribution < 1.29 is 18.1 Å². The second kappa shape index (κ2) is 8.36. The molecule has 1 unspecified atom stereocenters. The molecule has 0 aromatic heterocycles. The fourth-order valence-electron chi connectivity index (χ4n) is 2.95. The Kier molecular flexibility index (Phi) is 5.90. The summed E-state index contributed by atoms with van der Waals surface area (Å²) in [6.45, 7) is 2.29. The van der Waals surface area contributed by atoms with Crippen LogP contribution in [0.15, 0.2) is 53.4 Å². The third-order valence-corrected chi connectivity index (χ3v) is 5.81. The van der Waals surface area contributed by atoms with Gasteiger partial charge in [-0.25, -0.2) is 13.1 Å². The monoisotopic (exact) mass is 404 g/mol. The molecule has 3 rings (SSSR count). The molecule has 0 aliphatic carbocycles. The van der Waals surface area contributed by atoms with Gasteiger partial charge in [0.25, 0.3) is 21.6 Å². The lowest BCUT2D eigenvalue weighted by Crippen LogP contribution is -2.30. The number of sulfonamides is 1. The van der Waals surface area contributed by atoms with E-state index in [1.807, 2.05) is 4.72 Å². The molecular formula is C18H20N4O5S. The number of rotatable bonds is 7. The van der Waals surface area contributed by atoms with Gasteiger partial charge in [0.05, 0.1) is 9.82 Å². The van der Waals surface area contributed by atoms with Gasteiger partial charge >= 0.3 is 0 Å². The van der Waals surface area contributed by atoms with Crippen LogP contribution in [0.3, 0.4) is 0 Å². The van der Waals surface area contributed by atoms with Gasteiger partial charge in [-0.1, -0.05) is 18.2 Å². The standard InChI is InChI=1S/C18H20N4O5S/c23-18(14-4-2-1-3-5-14)21-28(26,27)15-6-7-16(17(10-15)22(24)25)20-12-13-8-9-19-11-13/h1-7,10,13,19-20H,8-9,11-12H2,(H,21,23). The highest BCUT2D eigenvalue weighted by Gasteiger charge is 2.24. The quantitative estimate of drug-likeness (QED) is 0.473. The van der Waals surface area contributed by atoms with E-state index in [0.29, 0.717) is 12.5 Å². The fourth-order valence-corrected chi connectivity index (χ4v) is 3.95. The highest BCUT2D eigenvalue weighted by Crippen LogP contribution is 2.28. The zero-order valence-electron chi connectivity index (χ0n) is 14.9. The number of hydrogen-bond donors (Lipinski definition) is 3. The summed E-state index contributed by atoms with van der Waals surface area (Å²) in [5, 5.41) is 17.6. The molecule has 1 saturated heterocycles. The summed E-state index contributed by atoms with van der Waals surface area (Å²) in [7, 11) is -4.25. The minimum Gasteiger partial charge on any atom is -0.379 e. The first kappa shape index (κ1) is 19.8. The zero-order valence-corrected chi connectivity index (χ0v) is 15.7. The van der Waals surface area contributed by atoms with E-state index in [4.69, 9.17) is 0 Å². The van der Waals surface area contributed by atoms with Crippen molar-refractivity contribution in [2.24, 2.45) is 5.92 Å². The number of nitrogens with zero attached hydrogens (tertiary/aromatic N) is 1. The normalized spacial score (nSPS) is 16.5. The number of carbonyl (C=O) groups is 1. The highest BCUT2D eigenvalue weighted by molar-refractivity contribution is 7.90. The summed E-state index contributed by atoms with van der Waals surface area (Å²) in [6.07, 6.45) is 0.971. The highest BCUT2D eigenvalue weighted by atomic mass is 32.2. The van der Waals surface area contributed by atoms with Gasteiger partial charge in [-0.3, -0.25) is 14.9 Å². The maximum atomic E-state index is 12.5. The average Bonchev–Trinajstić information content (AvgIpc) is 3.20. The fraction of sp³-hybridized carbons (Fsp3) is 0.278. The van der Waals surface area contributed by atoms with Crippen molar-refractivity contribution >= 4 is 27.3 Å². The summed E-state index contributed by atoms with van der Waals surface area (Å²) in [5.74, 6) is -0.452. The number of hydrogen-bond acceptors (Lipinski definition) is 7. The van der Waals surface area contributed by atoms with Crippen molar-refractivity contribution in [3.8, 4) is 0 Å². The van der Waals surface area contributed by atoms with Gasteiger partial charge in [-0.2, -0.15) is 0 Å². The Hall–Kier alpha value is -2.98. The lowest BCUT2D eigenvalue weighted by atomic mass is 10.1. The number of nitrogens with one attached hydrogen (secondary N) is 3. The molecule has 10 heteroatoms. The van der Waals surface area contributed by atoms with Crippen LogP contribution in [0.5, 0.6) is 0 Å². The first-order valence-corrected chi connectivity index (χ1v) is 10.2. The van der Waals surface area contributed by atoms with Crippen LogP contribution in [0.2, 0.25) is 0 Å². The molecule has 1 amide bonds. The third-order valence-electron chi connectivity index (χ3n) is 4.48. The molecule has 0 radical (unpaired) electrons. The van der Waals surface area contributed by atoms with Gasteiger partial charge in [0, 0.05) is 18.2 Å². The van der Waals surface area contributed by atoms with Crippen molar-refractivity contribution in [3.05, 3.63) is 64.2 Å². The minimum atomic E-state index is -4.25. The number of nitro benzene ring substituents is 1. The van der Waals surface area contributed by atoms with Crippen molar-refractivity contribution in [2.75, 3.05) is 25.0 Å². The molecule has 0 bridgehead atoms. The van der Waals surface area contributed by atoms with E-state index in [1.54, 1.807) is 18.2 Å². The molecule has 1 heterocycles. The number of anilines is 1. The number of nitro groups is 1. The van der Waals surface area contributed by atoms with E-state index in [-0.39, 0.29) is 21.8 Å². The maximum Gasteiger partial charge on any atom is 0.293 e. The van der Waals surface area contributed by atoms with Gasteiger partial charge in [0.2, 0.25) is 0 Å². The molecule has 2 aromatic carbocycles. The van der Waals surface area contributed by atoms with Gasteiger partial charge in [-0.05, 0) is 49.7 Å². The van der Waals surface area contributed by atoms with Crippen LogP contribution in [0, 0.1) is 16.0 Å². The molecule has 0 saturated carbocycles. The van der Waals surface area contributed by atoms with Gasteiger partial charge in [0.15, 0.2) is 0 Å². The van der Waals surface area contributed by atoms with E-state index in [0.717, 1.165) is 25.6 Å².